The Bertz CT molecular complexity index is 1580. The Labute approximate surface area is 302 Å². The highest BCUT2D eigenvalue weighted by molar-refractivity contribution is 14.1. The summed E-state index contributed by atoms with van der Waals surface area (Å²) >= 11 is 2.21. The minimum atomic E-state index is -2.35. The van der Waals surface area contributed by atoms with Gasteiger partial charge in [0.25, 0.3) is 0 Å². The van der Waals surface area contributed by atoms with E-state index in [0.717, 1.165) is 24.9 Å². The molecule has 1 heterocycles. The van der Waals surface area contributed by atoms with Crippen molar-refractivity contribution in [1.29, 1.82) is 0 Å². The number of hydrogen-bond acceptors (Lipinski definition) is 9. The van der Waals surface area contributed by atoms with Gasteiger partial charge in [0, 0.05) is 25.2 Å². The Morgan fingerprint density at radius 2 is 1.06 bits per heavy atom. The van der Waals surface area contributed by atoms with Crippen LogP contribution in [0.15, 0.2) is 78.1 Å². The summed E-state index contributed by atoms with van der Waals surface area (Å²) in [6.07, 6.45) is 0. The van der Waals surface area contributed by atoms with Crippen molar-refractivity contribution in [1.82, 2.24) is 0 Å². The van der Waals surface area contributed by atoms with Gasteiger partial charge in [0.2, 0.25) is 0 Å². The molecule has 9 nitrogen and oxygen atoms in total. The molecule has 48 heavy (non-hydrogen) atoms. The second-order valence-corrected chi connectivity index (χ2v) is 25.2. The first-order valence-electron chi connectivity index (χ1n) is 15.3. The lowest BCUT2D eigenvalue weighted by Gasteiger charge is -2.32. The van der Waals surface area contributed by atoms with E-state index in [1.807, 2.05) is 94.4 Å². The Morgan fingerprint density at radius 1 is 0.688 bits per heavy atom. The zero-order valence-corrected chi connectivity index (χ0v) is 35.4. The van der Waals surface area contributed by atoms with Crippen LogP contribution in [0.1, 0.15) is 48.5 Å². The van der Waals surface area contributed by atoms with E-state index in [-0.39, 0.29) is 11.2 Å². The Kier molecular flexibility index (Phi) is 16.1. The molecule has 0 bridgehead atoms. The number of anilines is 1. The van der Waals surface area contributed by atoms with Gasteiger partial charge in [-0.3, -0.25) is 0 Å². The molecule has 0 amide bonds. The van der Waals surface area contributed by atoms with Crippen molar-refractivity contribution < 1.29 is 27.8 Å². The minimum absolute atomic E-state index is 0.379. The Morgan fingerprint density at radius 3 is 1.38 bits per heavy atom. The molecule has 2 N–H and O–H groups in total. The first-order chi connectivity index (χ1) is 21.6. The van der Waals surface area contributed by atoms with Crippen molar-refractivity contribution in [2.45, 2.75) is 65.3 Å². The minimum Gasteiger partial charge on any atom is -0.399 e. The molecule has 0 aromatic heterocycles. The van der Waals surface area contributed by atoms with Crippen molar-refractivity contribution in [3.63, 3.8) is 0 Å². The largest absolute Gasteiger partial charge is 0.495 e. The van der Waals surface area contributed by atoms with Crippen LogP contribution in [0.4, 0.5) is 5.69 Å². The molecular formula is C34H53BIN2O7P3. The monoisotopic (exact) mass is 832 g/mol. The highest BCUT2D eigenvalue weighted by Crippen LogP contribution is 2.39. The smallest absolute Gasteiger partial charge is 0.399 e. The quantitative estimate of drug-likeness (QED) is 0.0689. The summed E-state index contributed by atoms with van der Waals surface area (Å²) in [4.78, 5) is 13.6. The van der Waals surface area contributed by atoms with Gasteiger partial charge in [0.05, 0.1) is 11.2 Å². The van der Waals surface area contributed by atoms with Gasteiger partial charge in [-0.1, -0.05) is 54.6 Å². The van der Waals surface area contributed by atoms with E-state index in [2.05, 4.69) is 32.8 Å². The fraction of sp³-hybridized carbons (Fsp3) is 0.471. The molecule has 0 saturated carbocycles. The van der Waals surface area contributed by atoms with Crippen LogP contribution in [0.5, 0.6) is 0 Å². The summed E-state index contributed by atoms with van der Waals surface area (Å²) in [5.41, 5.74) is 5.96. The third-order valence-electron chi connectivity index (χ3n) is 7.28. The van der Waals surface area contributed by atoms with Crippen LogP contribution in [-0.2, 0) is 27.8 Å². The summed E-state index contributed by atoms with van der Waals surface area (Å²) in [5, 5.41) is 4.86. The molecule has 1 aliphatic rings. The first kappa shape index (κ1) is 44.3. The number of hydrogen-bond donors (Lipinski definition) is 1. The summed E-state index contributed by atoms with van der Waals surface area (Å²) in [5.74, 6) is 0. The van der Waals surface area contributed by atoms with Crippen LogP contribution in [0.25, 0.3) is 0 Å². The molecule has 0 spiro atoms. The van der Waals surface area contributed by atoms with Gasteiger partial charge in [-0.2, -0.15) is 0 Å². The Hall–Kier alpha value is -1.74. The second kappa shape index (κ2) is 17.5. The molecule has 1 saturated heterocycles. The Balaban J connectivity index is 0.000000343. The molecule has 14 heteroatoms. The molecule has 0 atom stereocenters. The second-order valence-electron chi connectivity index (χ2n) is 14.5. The van der Waals surface area contributed by atoms with Crippen LogP contribution in [0, 0.1) is 8.48 Å². The topological polar surface area (TPSA) is 134 Å². The summed E-state index contributed by atoms with van der Waals surface area (Å²) < 4.78 is 48.8. The summed E-state index contributed by atoms with van der Waals surface area (Å²) in [6, 6.07) is 22.8. The van der Waals surface area contributed by atoms with Gasteiger partial charge in [0.1, 0.15) is 27.0 Å². The number of rotatable bonds is 5. The van der Waals surface area contributed by atoms with Crippen LogP contribution >= 0.6 is 44.0 Å². The number of nitrogens with zero attached hydrogens (tertiary/aromatic N) is 1. The predicted octanol–water partition coefficient (Wildman–Crippen LogP) is 7.77. The number of para-hydroxylation sites is 1. The predicted molar refractivity (Wildman–Crippen MR) is 216 cm³/mol. The molecule has 1 fully saturated rings. The van der Waals surface area contributed by atoms with Crippen molar-refractivity contribution in [3.8, 4) is 0 Å². The molecule has 4 rings (SSSR count). The molecule has 266 valence electrons. The summed E-state index contributed by atoms with van der Waals surface area (Å²) in [7, 11) is -7.05. The molecule has 0 radical (unpaired) electrons. The maximum absolute atomic E-state index is 12.4. The first-order valence-corrected chi connectivity index (χ1v) is 24.2. The lowest BCUT2D eigenvalue weighted by atomic mass is 9.79. The van der Waals surface area contributed by atoms with E-state index in [4.69, 9.17) is 15.0 Å². The zero-order valence-electron chi connectivity index (χ0n) is 30.6. The van der Waals surface area contributed by atoms with Crippen LogP contribution in [0.3, 0.4) is 0 Å². The molecule has 0 aliphatic carbocycles. The van der Waals surface area contributed by atoms with Crippen molar-refractivity contribution in [2.75, 3.05) is 45.7 Å². The van der Waals surface area contributed by atoms with Crippen molar-refractivity contribution >= 4 is 78.2 Å². The fourth-order valence-corrected chi connectivity index (χ4v) is 9.68. The third kappa shape index (κ3) is 14.2. The van der Waals surface area contributed by atoms with Gasteiger partial charge in [0.15, 0.2) is 5.34 Å². The SMILES string of the molecule is CC(C)(C)ON=O.CC1(C)OB(c2ccccc2P(C)(C)=O)OC1(C)C.CP(C)(=O)c1ccccc1I.CP(C)(=O)c1ccccc1N. The van der Waals surface area contributed by atoms with Gasteiger partial charge < -0.3 is 33.6 Å². The van der Waals surface area contributed by atoms with Gasteiger partial charge >= 0.3 is 7.12 Å². The van der Waals surface area contributed by atoms with Gasteiger partial charge in [-0.15, -0.1) is 4.91 Å². The number of nitrogen functional groups attached to an aromatic ring is 1. The molecular weight excluding hydrogens is 779 g/mol. The zero-order chi connectivity index (χ0) is 37.4. The summed E-state index contributed by atoms with van der Waals surface area (Å²) in [6.45, 7) is 23.9. The highest BCUT2D eigenvalue weighted by Gasteiger charge is 2.52. The highest BCUT2D eigenvalue weighted by atomic mass is 127. The average molecular weight is 832 g/mol. The molecule has 3 aromatic rings. The van der Waals surface area contributed by atoms with E-state index in [1.165, 1.54) is 0 Å². The van der Waals surface area contributed by atoms with Crippen molar-refractivity contribution in [3.05, 3.63) is 81.3 Å². The molecule has 0 unspecified atom stereocenters. The van der Waals surface area contributed by atoms with E-state index in [0.29, 0.717) is 5.69 Å². The maximum atomic E-state index is 12.4. The lowest BCUT2D eigenvalue weighted by molar-refractivity contribution is -0.00230. The van der Waals surface area contributed by atoms with Crippen LogP contribution < -0.4 is 27.1 Å². The number of nitrogens with two attached hydrogens (primary N) is 1. The molecule has 1 aliphatic heterocycles. The maximum Gasteiger partial charge on any atom is 0.495 e. The van der Waals surface area contributed by atoms with E-state index >= 15 is 0 Å². The molecule has 3 aromatic carbocycles. The lowest BCUT2D eigenvalue weighted by Crippen LogP contribution is -2.42. The van der Waals surface area contributed by atoms with Crippen molar-refractivity contribution in [2.24, 2.45) is 5.34 Å². The van der Waals surface area contributed by atoms with E-state index < -0.39 is 34.1 Å². The average Bonchev–Trinajstić information content (AvgIpc) is 3.14. The fourth-order valence-electron chi connectivity index (χ4n) is 4.13. The van der Waals surface area contributed by atoms with Crippen LogP contribution in [0.2, 0.25) is 0 Å². The standard InChI is InChI=1S/C14H22BO3P.C8H10IOP.C8H12NOP.C4H9NO2/c1-13(2)14(3,4)18-15(17-13)11-9-7-8-10-12(11)19(5,6)16;2*1-11(2,10)8-6-4-3-5-7(8)9;1-4(2,3)7-5-6/h7-10H,1-6H3;3-6H,1-2H3;3-6H,9H2,1-2H3;1-3H3. The van der Waals surface area contributed by atoms with E-state index in [1.54, 1.807) is 66.8 Å². The van der Waals surface area contributed by atoms with E-state index in [9.17, 15) is 18.6 Å². The van der Waals surface area contributed by atoms with Gasteiger partial charge in [-0.25, -0.2) is 0 Å². The van der Waals surface area contributed by atoms with Crippen LogP contribution in [-0.4, -0.2) is 63.9 Å². The normalized spacial score (nSPS) is 15.4. The number of benzene rings is 3. The number of halogens is 1. The van der Waals surface area contributed by atoms with Gasteiger partial charge in [-0.05, 0) is 135 Å². The third-order valence-corrected chi connectivity index (χ3v) is 13.3.